The van der Waals surface area contributed by atoms with Gasteiger partial charge < -0.3 is 9.47 Å². The molecule has 8 nitrogen and oxygen atoms in total. The molecule has 0 N–H and O–H groups in total. The first-order chi connectivity index (χ1) is 20.9. The van der Waals surface area contributed by atoms with E-state index >= 15 is 4.39 Å². The van der Waals surface area contributed by atoms with Crippen molar-refractivity contribution in [2.75, 3.05) is 31.4 Å². The van der Waals surface area contributed by atoms with E-state index in [0.717, 1.165) is 30.2 Å². The van der Waals surface area contributed by atoms with E-state index in [1.807, 2.05) is 23.0 Å². The Balaban J connectivity index is 1.66. The van der Waals surface area contributed by atoms with Crippen LogP contribution < -0.4 is 4.31 Å². The molecule has 0 atom stereocenters. The predicted octanol–water partition coefficient (Wildman–Crippen LogP) is 6.77. The lowest BCUT2D eigenvalue weighted by Crippen LogP contribution is -2.34. The summed E-state index contributed by atoms with van der Waals surface area (Å²) in [7, 11) is -3.56. The molecule has 5 rings (SSSR count). The van der Waals surface area contributed by atoms with Crippen molar-refractivity contribution in [2.24, 2.45) is 5.41 Å². The molecule has 4 aromatic rings. The molecule has 1 saturated heterocycles. The van der Waals surface area contributed by atoms with Crippen molar-refractivity contribution in [1.82, 2.24) is 14.8 Å². The van der Waals surface area contributed by atoms with Gasteiger partial charge in [0.05, 0.1) is 11.7 Å². The van der Waals surface area contributed by atoms with E-state index in [9.17, 15) is 17.2 Å². The first-order valence-electron chi connectivity index (χ1n) is 14.3. The molecule has 234 valence electrons. The number of methoxy groups -OCH3 is 1. The number of nitrogens with zero attached hydrogens (tertiary/aromatic N) is 4. The Morgan fingerprint density at radius 2 is 1.80 bits per heavy atom. The SMILES string of the molecule is COCN(c1cccc(-c2nn(C3CCOCC3)cc2-c2ccnc(CC(C)(C)C)c2)c1F)S(=O)(=O)c1cc(F)ccc1F. The first kappa shape index (κ1) is 31.7. The standard InChI is InChI=1S/C32H35F3N4O4S/c1-32(2,3)18-23-16-21(10-13-36-23)26-19-38(24-11-14-43-15-12-24)37-31(26)25-6-5-7-28(30(25)35)39(20-42-4)44(40,41)29-17-22(33)8-9-27(29)34/h5-10,13,16-17,19,24H,11-12,14-15,18,20H2,1-4H3. The minimum absolute atomic E-state index is 0.0153. The van der Waals surface area contributed by atoms with Crippen LogP contribution in [0.1, 0.15) is 45.3 Å². The normalized spacial score (nSPS) is 14.6. The molecule has 0 bridgehead atoms. The fraction of sp³-hybridized carbons (Fsp3) is 0.375. The van der Waals surface area contributed by atoms with Gasteiger partial charge in [-0.15, -0.1) is 0 Å². The second kappa shape index (κ2) is 12.7. The molecule has 1 aliphatic heterocycles. The van der Waals surface area contributed by atoms with Crippen molar-refractivity contribution in [3.63, 3.8) is 0 Å². The summed E-state index contributed by atoms with van der Waals surface area (Å²) >= 11 is 0. The molecule has 0 radical (unpaired) electrons. The van der Waals surface area contributed by atoms with E-state index in [1.165, 1.54) is 25.3 Å². The molecule has 0 saturated carbocycles. The Hall–Kier alpha value is -3.74. The lowest BCUT2D eigenvalue weighted by Gasteiger charge is -2.25. The number of benzene rings is 2. The second-order valence-electron chi connectivity index (χ2n) is 12.0. The molecule has 3 heterocycles. The van der Waals surface area contributed by atoms with Gasteiger partial charge in [0, 0.05) is 49.5 Å². The average Bonchev–Trinajstić information content (AvgIpc) is 3.42. The van der Waals surface area contributed by atoms with Gasteiger partial charge in [-0.3, -0.25) is 9.67 Å². The topological polar surface area (TPSA) is 86.5 Å². The van der Waals surface area contributed by atoms with Gasteiger partial charge in [-0.05, 0) is 72.7 Å². The Labute approximate surface area is 255 Å². The zero-order valence-electron chi connectivity index (χ0n) is 25.1. The van der Waals surface area contributed by atoms with Gasteiger partial charge in [0.1, 0.15) is 29.0 Å². The largest absolute Gasteiger partial charge is 0.381 e. The summed E-state index contributed by atoms with van der Waals surface area (Å²) in [6, 6.07) is 10.1. The van der Waals surface area contributed by atoms with Crippen LogP contribution in [0, 0.1) is 22.9 Å². The van der Waals surface area contributed by atoms with Crippen molar-refractivity contribution in [3.8, 4) is 22.4 Å². The van der Waals surface area contributed by atoms with E-state index in [0.29, 0.717) is 47.3 Å². The average molecular weight is 629 g/mol. The van der Waals surface area contributed by atoms with Gasteiger partial charge in [-0.25, -0.2) is 25.9 Å². The Kier molecular flexibility index (Phi) is 9.15. The van der Waals surface area contributed by atoms with Gasteiger partial charge in [0.15, 0.2) is 5.82 Å². The van der Waals surface area contributed by atoms with Crippen molar-refractivity contribution >= 4 is 15.7 Å². The maximum atomic E-state index is 16.6. The van der Waals surface area contributed by atoms with Gasteiger partial charge >= 0.3 is 0 Å². The third-order valence-electron chi connectivity index (χ3n) is 7.35. The molecule has 12 heteroatoms. The molecule has 0 amide bonds. The smallest absolute Gasteiger partial charge is 0.269 e. The predicted molar refractivity (Wildman–Crippen MR) is 161 cm³/mol. The number of sulfonamides is 1. The molecule has 1 aliphatic rings. The van der Waals surface area contributed by atoms with E-state index in [-0.39, 0.29) is 17.0 Å². The zero-order chi connectivity index (χ0) is 31.6. The van der Waals surface area contributed by atoms with Crippen LogP contribution in [0.5, 0.6) is 0 Å². The molecule has 0 unspecified atom stereocenters. The van der Waals surface area contributed by atoms with Crippen molar-refractivity contribution in [2.45, 2.75) is 51.0 Å². The Morgan fingerprint density at radius 1 is 1.05 bits per heavy atom. The summed E-state index contributed by atoms with van der Waals surface area (Å²) in [4.78, 5) is 3.59. The summed E-state index contributed by atoms with van der Waals surface area (Å²) in [5.41, 5.74) is 2.21. The van der Waals surface area contributed by atoms with Crippen LogP contribution in [-0.2, 0) is 25.9 Å². The van der Waals surface area contributed by atoms with Gasteiger partial charge in [-0.1, -0.05) is 26.8 Å². The quantitative estimate of drug-likeness (QED) is 0.190. The van der Waals surface area contributed by atoms with Crippen LogP contribution in [0.4, 0.5) is 18.9 Å². The van der Waals surface area contributed by atoms with Gasteiger partial charge in [-0.2, -0.15) is 5.10 Å². The van der Waals surface area contributed by atoms with E-state index in [4.69, 9.17) is 14.6 Å². The van der Waals surface area contributed by atoms with Crippen LogP contribution in [0.25, 0.3) is 22.4 Å². The number of hydrogen-bond donors (Lipinski definition) is 0. The van der Waals surface area contributed by atoms with Crippen LogP contribution in [0.15, 0.2) is 65.8 Å². The molecule has 44 heavy (non-hydrogen) atoms. The van der Waals surface area contributed by atoms with Crippen molar-refractivity contribution < 1.29 is 31.1 Å². The number of ether oxygens (including phenoxy) is 2. The molecule has 2 aromatic heterocycles. The van der Waals surface area contributed by atoms with Crippen LogP contribution in [-0.4, -0.2) is 50.2 Å². The zero-order valence-corrected chi connectivity index (χ0v) is 25.9. The maximum absolute atomic E-state index is 16.6. The summed E-state index contributed by atoms with van der Waals surface area (Å²) in [6.07, 6.45) is 5.76. The van der Waals surface area contributed by atoms with Crippen LogP contribution in [0.3, 0.4) is 0 Å². The number of halogens is 3. The van der Waals surface area contributed by atoms with E-state index in [2.05, 4.69) is 25.8 Å². The third kappa shape index (κ3) is 6.67. The number of hydrogen-bond acceptors (Lipinski definition) is 6. The molecule has 1 fully saturated rings. The summed E-state index contributed by atoms with van der Waals surface area (Å²) in [6.45, 7) is 6.85. The number of anilines is 1. The molecule has 2 aromatic carbocycles. The Bertz CT molecular complexity index is 1750. The highest BCUT2D eigenvalue weighted by Gasteiger charge is 2.32. The Morgan fingerprint density at radius 3 is 2.50 bits per heavy atom. The fourth-order valence-corrected chi connectivity index (χ4v) is 6.76. The highest BCUT2D eigenvalue weighted by atomic mass is 32.2. The monoisotopic (exact) mass is 628 g/mol. The van der Waals surface area contributed by atoms with Crippen molar-refractivity contribution in [3.05, 3.63) is 84.1 Å². The maximum Gasteiger partial charge on any atom is 0.269 e. The number of aromatic nitrogens is 3. The fourth-order valence-electron chi connectivity index (χ4n) is 5.30. The molecular formula is C32H35F3N4O4S. The molecular weight excluding hydrogens is 593 g/mol. The minimum Gasteiger partial charge on any atom is -0.381 e. The highest BCUT2D eigenvalue weighted by molar-refractivity contribution is 7.92. The first-order valence-corrected chi connectivity index (χ1v) is 15.7. The number of pyridine rings is 1. The minimum atomic E-state index is -4.78. The summed E-state index contributed by atoms with van der Waals surface area (Å²) < 4.78 is 85.4. The van der Waals surface area contributed by atoms with E-state index < -0.39 is 44.8 Å². The van der Waals surface area contributed by atoms with Gasteiger partial charge in [0.2, 0.25) is 0 Å². The lowest BCUT2D eigenvalue weighted by molar-refractivity contribution is 0.0663. The van der Waals surface area contributed by atoms with Crippen molar-refractivity contribution in [1.29, 1.82) is 0 Å². The van der Waals surface area contributed by atoms with E-state index in [1.54, 1.807) is 6.20 Å². The lowest BCUT2D eigenvalue weighted by atomic mass is 9.89. The van der Waals surface area contributed by atoms with Crippen LogP contribution >= 0.6 is 0 Å². The van der Waals surface area contributed by atoms with Crippen LogP contribution in [0.2, 0.25) is 0 Å². The highest BCUT2D eigenvalue weighted by Crippen LogP contribution is 2.39. The summed E-state index contributed by atoms with van der Waals surface area (Å²) in [5.74, 6) is -3.04. The molecule has 0 aliphatic carbocycles. The molecule has 0 spiro atoms. The van der Waals surface area contributed by atoms with Gasteiger partial charge in [0.25, 0.3) is 10.0 Å². The summed E-state index contributed by atoms with van der Waals surface area (Å²) in [5, 5.41) is 4.83. The third-order valence-corrected chi connectivity index (χ3v) is 9.10. The second-order valence-corrected chi connectivity index (χ2v) is 13.8. The number of rotatable bonds is 9.